The summed E-state index contributed by atoms with van der Waals surface area (Å²) < 4.78 is 7.68. The predicted molar refractivity (Wildman–Crippen MR) is 90.3 cm³/mol. The van der Waals surface area contributed by atoms with Crippen LogP contribution >= 0.6 is 11.8 Å². The molecule has 2 aromatic rings. The summed E-state index contributed by atoms with van der Waals surface area (Å²) in [6.45, 7) is 0. The van der Waals surface area contributed by atoms with Gasteiger partial charge >= 0.3 is 0 Å². The average molecular weight is 328 g/mol. The molecule has 1 saturated carbocycles. The van der Waals surface area contributed by atoms with Gasteiger partial charge in [-0.25, -0.2) is 9.97 Å². The van der Waals surface area contributed by atoms with Crippen molar-refractivity contribution >= 4 is 11.8 Å². The monoisotopic (exact) mass is 328 g/mol. The second-order valence-corrected chi connectivity index (χ2v) is 6.48. The van der Waals surface area contributed by atoms with Crippen LogP contribution in [0, 0.1) is 11.3 Å². The van der Waals surface area contributed by atoms with Gasteiger partial charge in [-0.3, -0.25) is 0 Å². The number of aromatic nitrogens is 3. The first kappa shape index (κ1) is 16.0. The molecule has 1 fully saturated rings. The van der Waals surface area contributed by atoms with Crippen LogP contribution in [0.25, 0.3) is 11.5 Å². The smallest absolute Gasteiger partial charge is 0.158 e. The van der Waals surface area contributed by atoms with Gasteiger partial charge in [-0.1, -0.05) is 0 Å². The first-order chi connectivity index (χ1) is 11.3. The van der Waals surface area contributed by atoms with Gasteiger partial charge in [0.2, 0.25) is 0 Å². The molecule has 0 amide bonds. The molecule has 0 bridgehead atoms. The fourth-order valence-corrected chi connectivity index (χ4v) is 3.69. The Labute approximate surface area is 140 Å². The topological polar surface area (TPSA) is 63.7 Å². The molecule has 2 aromatic heterocycles. The Hall–Kier alpha value is -1.84. The highest BCUT2D eigenvalue weighted by molar-refractivity contribution is 7.98. The van der Waals surface area contributed by atoms with Crippen LogP contribution in [-0.4, -0.2) is 34.0 Å². The highest BCUT2D eigenvalue weighted by Crippen LogP contribution is 2.33. The Morgan fingerprint density at radius 3 is 2.74 bits per heavy atom. The molecule has 2 heterocycles. The van der Waals surface area contributed by atoms with Crippen molar-refractivity contribution in [3.8, 4) is 17.6 Å². The maximum atomic E-state index is 9.14. The number of thioether (sulfide) groups is 1. The lowest BCUT2D eigenvalue weighted by atomic mass is 9.92. The number of nitrogens with zero attached hydrogens (tertiary/aromatic N) is 4. The first-order valence-corrected chi connectivity index (χ1v) is 9.00. The maximum Gasteiger partial charge on any atom is 0.158 e. The zero-order chi connectivity index (χ0) is 16.2. The molecule has 23 heavy (non-hydrogen) atoms. The van der Waals surface area contributed by atoms with Gasteiger partial charge < -0.3 is 9.30 Å². The van der Waals surface area contributed by atoms with Gasteiger partial charge in [0, 0.05) is 25.5 Å². The third kappa shape index (κ3) is 3.26. The van der Waals surface area contributed by atoms with Gasteiger partial charge in [0.15, 0.2) is 5.82 Å². The van der Waals surface area contributed by atoms with E-state index in [1.165, 1.54) is 11.8 Å². The second kappa shape index (κ2) is 7.16. The van der Waals surface area contributed by atoms with Crippen LogP contribution in [-0.2, 0) is 4.74 Å². The number of rotatable bonds is 4. The maximum absolute atomic E-state index is 9.14. The van der Waals surface area contributed by atoms with Crippen molar-refractivity contribution < 1.29 is 4.74 Å². The highest BCUT2D eigenvalue weighted by atomic mass is 32.2. The van der Waals surface area contributed by atoms with Crippen LogP contribution in [0.15, 0.2) is 29.6 Å². The van der Waals surface area contributed by atoms with Crippen molar-refractivity contribution in [1.29, 1.82) is 5.26 Å². The van der Waals surface area contributed by atoms with E-state index in [1.807, 2.05) is 30.8 Å². The van der Waals surface area contributed by atoms with Crippen LogP contribution in [0.3, 0.4) is 0 Å². The zero-order valence-corrected chi connectivity index (χ0v) is 14.2. The normalized spacial score (nSPS) is 21.1. The molecule has 5 nitrogen and oxygen atoms in total. The zero-order valence-electron chi connectivity index (χ0n) is 13.4. The summed E-state index contributed by atoms with van der Waals surface area (Å²) in [6.07, 6.45) is 10.5. The van der Waals surface area contributed by atoms with Gasteiger partial charge in [0.1, 0.15) is 16.8 Å². The van der Waals surface area contributed by atoms with E-state index in [0.717, 1.165) is 42.2 Å². The summed E-state index contributed by atoms with van der Waals surface area (Å²) >= 11 is 1.49. The number of imidazole rings is 1. The molecule has 0 aromatic carbocycles. The first-order valence-electron chi connectivity index (χ1n) is 7.78. The number of pyridine rings is 1. The van der Waals surface area contributed by atoms with E-state index in [1.54, 1.807) is 7.11 Å². The summed E-state index contributed by atoms with van der Waals surface area (Å²) in [7, 11) is 1.79. The minimum atomic E-state index is 0.384. The number of hydrogen-bond acceptors (Lipinski definition) is 5. The average Bonchev–Trinajstić information content (AvgIpc) is 3.10. The van der Waals surface area contributed by atoms with Crippen molar-refractivity contribution in [2.75, 3.05) is 13.4 Å². The largest absolute Gasteiger partial charge is 0.381 e. The summed E-state index contributed by atoms with van der Waals surface area (Å²) in [5.41, 5.74) is 1.44. The van der Waals surface area contributed by atoms with Gasteiger partial charge in [0.05, 0.1) is 11.7 Å². The van der Waals surface area contributed by atoms with Crippen molar-refractivity contribution in [2.24, 2.45) is 0 Å². The Bertz CT molecular complexity index is 714. The van der Waals surface area contributed by atoms with E-state index in [4.69, 9.17) is 10.00 Å². The summed E-state index contributed by atoms with van der Waals surface area (Å²) in [5, 5.41) is 9.89. The fourth-order valence-electron chi connectivity index (χ4n) is 3.17. The van der Waals surface area contributed by atoms with Gasteiger partial charge in [-0.05, 0) is 44.1 Å². The summed E-state index contributed by atoms with van der Waals surface area (Å²) in [4.78, 5) is 9.13. The Morgan fingerprint density at radius 2 is 2.09 bits per heavy atom. The van der Waals surface area contributed by atoms with Crippen LogP contribution in [0.2, 0.25) is 0 Å². The van der Waals surface area contributed by atoms with E-state index in [-0.39, 0.29) is 0 Å². The van der Waals surface area contributed by atoms with Crippen molar-refractivity contribution in [3.63, 3.8) is 0 Å². The van der Waals surface area contributed by atoms with E-state index >= 15 is 0 Å². The minimum absolute atomic E-state index is 0.384. The highest BCUT2D eigenvalue weighted by Gasteiger charge is 2.24. The van der Waals surface area contributed by atoms with Crippen LogP contribution in [0.1, 0.15) is 37.3 Å². The molecule has 0 aliphatic heterocycles. The third-order valence-corrected chi connectivity index (χ3v) is 5.14. The molecular weight excluding hydrogens is 308 g/mol. The molecule has 1 aliphatic carbocycles. The molecule has 120 valence electrons. The van der Waals surface area contributed by atoms with Crippen LogP contribution in [0.5, 0.6) is 0 Å². The molecule has 0 radical (unpaired) electrons. The third-order valence-electron chi connectivity index (χ3n) is 4.44. The lowest BCUT2D eigenvalue weighted by molar-refractivity contribution is 0.0586. The van der Waals surface area contributed by atoms with Crippen LogP contribution in [0.4, 0.5) is 0 Å². The van der Waals surface area contributed by atoms with E-state index in [2.05, 4.69) is 20.6 Å². The summed E-state index contributed by atoms with van der Waals surface area (Å²) in [5.74, 6) is 0.880. The Balaban J connectivity index is 1.88. The predicted octanol–water partition coefficient (Wildman–Crippen LogP) is 3.67. The molecule has 0 atom stereocenters. The van der Waals surface area contributed by atoms with Gasteiger partial charge in [-0.15, -0.1) is 11.8 Å². The lowest BCUT2D eigenvalue weighted by Crippen LogP contribution is -2.22. The van der Waals surface area contributed by atoms with Crippen LogP contribution < -0.4 is 0 Å². The van der Waals surface area contributed by atoms with Crippen molar-refractivity contribution in [3.05, 3.63) is 30.1 Å². The fraction of sp³-hybridized carbons (Fsp3) is 0.471. The van der Waals surface area contributed by atoms with E-state index in [0.29, 0.717) is 17.7 Å². The molecule has 0 N–H and O–H groups in total. The van der Waals surface area contributed by atoms with Gasteiger partial charge in [-0.2, -0.15) is 5.26 Å². The number of nitriles is 1. The lowest BCUT2D eigenvalue weighted by Gasteiger charge is -2.29. The van der Waals surface area contributed by atoms with E-state index < -0.39 is 0 Å². The molecule has 0 unspecified atom stereocenters. The second-order valence-electron chi connectivity index (χ2n) is 5.69. The van der Waals surface area contributed by atoms with E-state index in [9.17, 15) is 0 Å². The number of hydrogen-bond donors (Lipinski definition) is 0. The standard InChI is InChI=1S/C17H20N4OS/c1-22-14-6-4-13(5-7-14)21-10-9-19-16(21)15-8-3-12(11-18)17(20-15)23-2/h3,8-10,13-14H,4-7H2,1-2H3. The molecular formula is C17H20N4OS. The number of methoxy groups -OCH3 is 1. The van der Waals surface area contributed by atoms with Gasteiger partial charge in [0.25, 0.3) is 0 Å². The molecule has 6 heteroatoms. The summed E-state index contributed by atoms with van der Waals surface area (Å²) in [6, 6.07) is 6.34. The van der Waals surface area contributed by atoms with Crippen molar-refractivity contribution in [1.82, 2.24) is 14.5 Å². The SMILES string of the molecule is COC1CCC(n2ccnc2-c2ccc(C#N)c(SC)n2)CC1. The molecule has 0 saturated heterocycles. The van der Waals surface area contributed by atoms with Crippen molar-refractivity contribution in [2.45, 2.75) is 42.9 Å². The number of ether oxygens (including phenoxy) is 1. The molecule has 1 aliphatic rings. The quantitative estimate of drug-likeness (QED) is 0.801. The Kier molecular flexibility index (Phi) is 4.99. The Morgan fingerprint density at radius 1 is 1.30 bits per heavy atom. The molecule has 3 rings (SSSR count). The minimum Gasteiger partial charge on any atom is -0.381 e. The molecule has 0 spiro atoms.